The Kier molecular flexibility index (Phi) is 8.82. The van der Waals surface area contributed by atoms with Gasteiger partial charge in [-0.25, -0.2) is 0 Å². The second kappa shape index (κ2) is 11.6. The van der Waals surface area contributed by atoms with Crippen LogP contribution in [-0.4, -0.2) is 35.6 Å². The van der Waals surface area contributed by atoms with E-state index in [0.717, 1.165) is 37.8 Å². The van der Waals surface area contributed by atoms with Crippen LogP contribution < -0.4 is 4.90 Å². The van der Waals surface area contributed by atoms with Crippen molar-refractivity contribution in [2.45, 2.75) is 105 Å². The number of para-hydroxylation sites is 2. The number of benzene rings is 2. The van der Waals surface area contributed by atoms with E-state index in [1.54, 1.807) is 0 Å². The molecule has 5 aliphatic rings. The Bertz CT molecular complexity index is 1360. The average Bonchev–Trinajstić information content (AvgIpc) is 3.27. The summed E-state index contributed by atoms with van der Waals surface area (Å²) < 4.78 is 9.47. The molecule has 0 radical (unpaired) electrons. The van der Waals surface area contributed by atoms with Gasteiger partial charge in [0.2, 0.25) is 5.69 Å². The summed E-state index contributed by atoms with van der Waals surface area (Å²) in [6.45, 7) is 24.6. The highest BCUT2D eigenvalue weighted by atomic mass is 16.5. The van der Waals surface area contributed by atoms with Gasteiger partial charge in [-0.3, -0.25) is 0 Å². The van der Waals surface area contributed by atoms with Gasteiger partial charge in [0.05, 0.1) is 17.6 Å². The fourth-order valence-electron chi connectivity index (χ4n) is 7.22. The van der Waals surface area contributed by atoms with Gasteiger partial charge in [-0.1, -0.05) is 91.8 Å². The molecule has 3 heteroatoms. The van der Waals surface area contributed by atoms with Crippen molar-refractivity contribution >= 4 is 17.1 Å². The molecule has 2 aromatic carbocycles. The van der Waals surface area contributed by atoms with Crippen LogP contribution in [0, 0.1) is 19.3 Å². The lowest BCUT2D eigenvalue weighted by molar-refractivity contribution is -0.445. The van der Waals surface area contributed by atoms with Crippen LogP contribution in [0.1, 0.15) is 93.2 Å². The van der Waals surface area contributed by atoms with E-state index in [2.05, 4.69) is 133 Å². The molecule has 0 N–H and O–H groups in total. The first kappa shape index (κ1) is 31.3. The minimum Gasteiger partial charge on any atom is -0.365 e. The van der Waals surface area contributed by atoms with E-state index in [-0.39, 0.29) is 30.5 Å². The molecule has 41 heavy (non-hydrogen) atoms. The van der Waals surface area contributed by atoms with Crippen LogP contribution in [0.3, 0.4) is 0 Å². The number of allylic oxidation sites excluding steroid dienone is 1. The Morgan fingerprint density at radius 2 is 1.37 bits per heavy atom. The van der Waals surface area contributed by atoms with E-state index in [0.29, 0.717) is 0 Å². The minimum atomic E-state index is -0.00890. The Labute approximate surface area is 251 Å². The smallest absolute Gasteiger partial charge is 0.209 e. The van der Waals surface area contributed by atoms with E-state index < -0.39 is 0 Å². The zero-order valence-corrected chi connectivity index (χ0v) is 27.6. The molecule has 0 fully saturated rings. The van der Waals surface area contributed by atoms with Gasteiger partial charge in [-0.15, -0.1) is 0 Å². The molecule has 5 aliphatic heterocycles. The van der Waals surface area contributed by atoms with Crippen LogP contribution >= 0.6 is 0 Å². The zero-order valence-electron chi connectivity index (χ0n) is 27.6. The van der Waals surface area contributed by atoms with Crippen LogP contribution in [0.15, 0.2) is 71.5 Å². The van der Waals surface area contributed by atoms with Gasteiger partial charge in [-0.2, -0.15) is 4.58 Å². The van der Waals surface area contributed by atoms with Gasteiger partial charge in [0, 0.05) is 52.5 Å². The third-order valence-corrected chi connectivity index (χ3v) is 8.57. The largest absolute Gasteiger partial charge is 0.365 e. The molecular formula is C38H54N2O. The predicted octanol–water partition coefficient (Wildman–Crippen LogP) is 9.39. The second-order valence-electron chi connectivity index (χ2n) is 14.5. The van der Waals surface area contributed by atoms with E-state index in [9.17, 15) is 0 Å². The molecule has 3 nitrogen and oxygen atoms in total. The SMILES string of the molecule is CC(C)C.CC(C)C.CC1(C)C2=C3C=C4C5=[N+](CCC4OC3CCN2c2ccccc21)c1ccccc1C5(C)C.[CH3-]. The molecule has 2 aromatic rings. The summed E-state index contributed by atoms with van der Waals surface area (Å²) in [5.41, 5.74) is 11.3. The molecule has 7 rings (SSSR count). The zero-order chi connectivity index (χ0) is 29.0. The van der Waals surface area contributed by atoms with E-state index in [1.807, 2.05) is 0 Å². The lowest BCUT2D eigenvalue weighted by Crippen LogP contribution is -2.47. The number of anilines is 1. The molecule has 222 valence electrons. The molecular weight excluding hydrogens is 500 g/mol. The standard InChI is InChI=1S/C29H31N2O.2C4H10.CH3/c1-28(2)20-9-5-7-11-22(20)30-15-13-24-18(26(28)30)17-19-25(32-24)14-16-31-23-12-8-6-10-21(23)29(3,4)27(19)31;2*1-4(2)3;/h5-12,17,24-25H,13-16H2,1-4H3;2*4H,1-3H3;1H3/q+1;;;-1. The summed E-state index contributed by atoms with van der Waals surface area (Å²) in [6.07, 6.45) is 5.09. The van der Waals surface area contributed by atoms with Crippen LogP contribution in [0.2, 0.25) is 0 Å². The monoisotopic (exact) mass is 554 g/mol. The molecule has 0 bridgehead atoms. The Morgan fingerprint density at radius 1 is 0.780 bits per heavy atom. The van der Waals surface area contributed by atoms with E-state index in [1.165, 1.54) is 45.1 Å². The summed E-state index contributed by atoms with van der Waals surface area (Å²) in [5, 5.41) is 0. The molecule has 0 aromatic heterocycles. The van der Waals surface area contributed by atoms with Crippen molar-refractivity contribution in [2.24, 2.45) is 11.8 Å². The number of hydrogen-bond donors (Lipinski definition) is 0. The van der Waals surface area contributed by atoms with Crippen molar-refractivity contribution in [2.75, 3.05) is 18.0 Å². The fourth-order valence-corrected chi connectivity index (χ4v) is 7.22. The lowest BCUT2D eigenvalue weighted by Gasteiger charge is -2.42. The van der Waals surface area contributed by atoms with Crippen LogP contribution in [0.25, 0.3) is 0 Å². The van der Waals surface area contributed by atoms with Gasteiger partial charge < -0.3 is 17.1 Å². The van der Waals surface area contributed by atoms with Gasteiger partial charge in [-0.05, 0) is 49.8 Å². The Hall–Kier alpha value is -2.65. The third-order valence-electron chi connectivity index (χ3n) is 8.57. The van der Waals surface area contributed by atoms with E-state index >= 15 is 0 Å². The highest BCUT2D eigenvalue weighted by molar-refractivity contribution is 6.08. The molecule has 0 amide bonds. The summed E-state index contributed by atoms with van der Waals surface area (Å²) in [4.78, 5) is 2.57. The molecule has 0 saturated carbocycles. The number of fused-ring (bicyclic) bond motifs is 8. The topological polar surface area (TPSA) is 15.5 Å². The van der Waals surface area contributed by atoms with Crippen molar-refractivity contribution in [1.82, 2.24) is 0 Å². The molecule has 2 unspecified atom stereocenters. The Morgan fingerprint density at radius 3 is 2.02 bits per heavy atom. The summed E-state index contributed by atoms with van der Waals surface area (Å²) >= 11 is 0. The average molecular weight is 555 g/mol. The third kappa shape index (κ3) is 5.36. The van der Waals surface area contributed by atoms with Gasteiger partial charge >= 0.3 is 0 Å². The fraction of sp³-hybridized carbons (Fsp3) is 0.526. The summed E-state index contributed by atoms with van der Waals surface area (Å²) in [5.74, 6) is 1.67. The molecule has 2 atom stereocenters. The van der Waals surface area contributed by atoms with Gasteiger partial charge in [0.15, 0.2) is 12.3 Å². The van der Waals surface area contributed by atoms with Crippen LogP contribution in [0.4, 0.5) is 11.4 Å². The Balaban J connectivity index is 0.000000386. The number of hydrogen-bond acceptors (Lipinski definition) is 2. The van der Waals surface area contributed by atoms with E-state index in [4.69, 9.17) is 4.74 Å². The maximum atomic E-state index is 6.89. The maximum absolute atomic E-state index is 6.89. The quantitative estimate of drug-likeness (QED) is 0.238. The van der Waals surface area contributed by atoms with Crippen molar-refractivity contribution in [3.8, 4) is 0 Å². The number of nitrogens with zero attached hydrogens (tertiary/aromatic N) is 2. The predicted molar refractivity (Wildman–Crippen MR) is 177 cm³/mol. The van der Waals surface area contributed by atoms with Crippen LogP contribution in [-0.2, 0) is 15.6 Å². The normalized spacial score (nSPS) is 23.9. The molecule has 0 aliphatic carbocycles. The molecule has 5 heterocycles. The highest BCUT2D eigenvalue weighted by Gasteiger charge is 2.54. The highest BCUT2D eigenvalue weighted by Crippen LogP contribution is 2.53. The maximum Gasteiger partial charge on any atom is 0.209 e. The van der Waals surface area contributed by atoms with Crippen molar-refractivity contribution < 1.29 is 9.31 Å². The van der Waals surface area contributed by atoms with Crippen LogP contribution in [0.5, 0.6) is 0 Å². The molecule has 0 saturated heterocycles. The number of ether oxygens (including phenoxy) is 1. The van der Waals surface area contributed by atoms with Crippen molar-refractivity contribution in [3.05, 3.63) is 90.0 Å². The van der Waals surface area contributed by atoms with Crippen molar-refractivity contribution in [3.63, 3.8) is 0 Å². The first-order chi connectivity index (χ1) is 18.9. The first-order valence-electron chi connectivity index (χ1n) is 15.6. The second-order valence-corrected chi connectivity index (χ2v) is 14.5. The number of rotatable bonds is 0. The lowest BCUT2D eigenvalue weighted by atomic mass is 9.74. The first-order valence-corrected chi connectivity index (χ1v) is 15.6. The van der Waals surface area contributed by atoms with Crippen molar-refractivity contribution in [1.29, 1.82) is 0 Å². The minimum absolute atomic E-state index is 0. The summed E-state index contributed by atoms with van der Waals surface area (Å²) in [7, 11) is 0. The summed E-state index contributed by atoms with van der Waals surface area (Å²) in [6, 6.07) is 17.9. The van der Waals surface area contributed by atoms with Gasteiger partial charge in [0.25, 0.3) is 0 Å². The molecule has 0 spiro atoms. The van der Waals surface area contributed by atoms with Gasteiger partial charge in [0.1, 0.15) is 0 Å².